The molecule has 2 amide bonds. The molecule has 0 aliphatic heterocycles. The van der Waals surface area contributed by atoms with E-state index in [2.05, 4.69) is 24.5 Å². The summed E-state index contributed by atoms with van der Waals surface area (Å²) >= 11 is 0. The van der Waals surface area contributed by atoms with Gasteiger partial charge in [0.05, 0.1) is 6.61 Å². The summed E-state index contributed by atoms with van der Waals surface area (Å²) in [6, 6.07) is 7.72. The predicted molar refractivity (Wildman–Crippen MR) is 85.7 cm³/mol. The van der Waals surface area contributed by atoms with Gasteiger partial charge in [0.2, 0.25) is 11.8 Å². The zero-order chi connectivity index (χ0) is 16.2. The van der Waals surface area contributed by atoms with E-state index in [0.29, 0.717) is 31.9 Å². The van der Waals surface area contributed by atoms with Crippen molar-refractivity contribution in [2.45, 2.75) is 32.6 Å². The molecule has 0 bridgehead atoms. The van der Waals surface area contributed by atoms with Crippen LogP contribution >= 0.6 is 0 Å². The Balaban J connectivity index is 2.04. The largest absolute Gasteiger partial charge is 0.383 e. The van der Waals surface area contributed by atoms with Crippen LogP contribution in [0, 0.1) is 5.41 Å². The van der Waals surface area contributed by atoms with Crippen LogP contribution in [0.25, 0.3) is 0 Å². The highest BCUT2D eigenvalue weighted by Crippen LogP contribution is 2.47. The van der Waals surface area contributed by atoms with Crippen molar-refractivity contribution in [1.29, 1.82) is 0 Å². The van der Waals surface area contributed by atoms with Crippen LogP contribution < -0.4 is 10.6 Å². The number of methoxy groups -OCH3 is 1. The normalized spacial score (nSPS) is 15.5. The number of hydrogen-bond donors (Lipinski definition) is 2. The van der Waals surface area contributed by atoms with Gasteiger partial charge >= 0.3 is 0 Å². The summed E-state index contributed by atoms with van der Waals surface area (Å²) in [6.07, 6.45) is 1.20. The number of amides is 2. The number of rotatable bonds is 7. The minimum atomic E-state index is -0.905. The molecular weight excluding hydrogens is 280 g/mol. The Morgan fingerprint density at radius 3 is 2.50 bits per heavy atom. The van der Waals surface area contributed by atoms with Gasteiger partial charge in [-0.25, -0.2) is 0 Å². The van der Waals surface area contributed by atoms with Crippen LogP contribution in [0.5, 0.6) is 0 Å². The first kappa shape index (κ1) is 16.5. The van der Waals surface area contributed by atoms with E-state index < -0.39 is 5.41 Å². The first-order chi connectivity index (χ1) is 10.5. The summed E-state index contributed by atoms with van der Waals surface area (Å²) in [7, 11) is 1.58. The number of hydrogen-bond acceptors (Lipinski definition) is 3. The van der Waals surface area contributed by atoms with E-state index in [4.69, 9.17) is 4.74 Å². The quantitative estimate of drug-likeness (QED) is 0.600. The molecular formula is C17H24N2O3. The monoisotopic (exact) mass is 304 g/mol. The van der Waals surface area contributed by atoms with Crippen LogP contribution in [-0.2, 0) is 14.3 Å². The third-order valence-corrected chi connectivity index (χ3v) is 4.04. The van der Waals surface area contributed by atoms with Gasteiger partial charge in [-0.2, -0.15) is 0 Å². The van der Waals surface area contributed by atoms with Gasteiger partial charge in [0.15, 0.2) is 0 Å². The Labute approximate surface area is 131 Å². The molecule has 1 aromatic carbocycles. The van der Waals surface area contributed by atoms with E-state index in [1.165, 1.54) is 0 Å². The number of nitrogens with one attached hydrogen (secondary N) is 2. The average Bonchev–Trinajstić information content (AvgIpc) is 3.29. The Bertz CT molecular complexity index is 551. The lowest BCUT2D eigenvalue weighted by Crippen LogP contribution is -2.41. The highest BCUT2D eigenvalue weighted by atomic mass is 16.5. The summed E-state index contributed by atoms with van der Waals surface area (Å²) in [5.41, 5.74) is 0.961. The molecule has 120 valence electrons. The topological polar surface area (TPSA) is 67.4 Å². The van der Waals surface area contributed by atoms with Crippen molar-refractivity contribution in [3.8, 4) is 0 Å². The molecule has 0 unspecified atom stereocenters. The van der Waals surface area contributed by atoms with Gasteiger partial charge in [-0.05, 0) is 30.4 Å². The SMILES string of the molecule is COCCNC(=O)C1(C(=O)Nc2ccccc2C(C)C)CC1. The third-order valence-electron chi connectivity index (χ3n) is 4.04. The Morgan fingerprint density at radius 2 is 1.91 bits per heavy atom. The zero-order valence-corrected chi connectivity index (χ0v) is 13.4. The molecule has 1 saturated carbocycles. The number of anilines is 1. The first-order valence-corrected chi connectivity index (χ1v) is 7.69. The van der Waals surface area contributed by atoms with E-state index in [9.17, 15) is 9.59 Å². The second kappa shape index (κ2) is 6.92. The molecule has 2 N–H and O–H groups in total. The molecule has 0 saturated heterocycles. The molecule has 1 aliphatic rings. The van der Waals surface area contributed by atoms with Gasteiger partial charge in [0.1, 0.15) is 5.41 Å². The molecule has 1 aromatic rings. The van der Waals surface area contributed by atoms with Crippen molar-refractivity contribution >= 4 is 17.5 Å². The summed E-state index contributed by atoms with van der Waals surface area (Å²) in [5.74, 6) is -0.109. The van der Waals surface area contributed by atoms with Gasteiger partial charge in [-0.15, -0.1) is 0 Å². The maximum atomic E-state index is 12.5. The Morgan fingerprint density at radius 1 is 1.23 bits per heavy atom. The molecule has 0 radical (unpaired) electrons. The van der Waals surface area contributed by atoms with Gasteiger partial charge in [-0.3, -0.25) is 9.59 Å². The van der Waals surface area contributed by atoms with Gasteiger partial charge in [-0.1, -0.05) is 32.0 Å². The molecule has 1 aliphatic carbocycles. The van der Waals surface area contributed by atoms with E-state index in [1.54, 1.807) is 7.11 Å². The van der Waals surface area contributed by atoms with Gasteiger partial charge in [0.25, 0.3) is 0 Å². The van der Waals surface area contributed by atoms with Crippen molar-refractivity contribution in [2.75, 3.05) is 25.6 Å². The van der Waals surface area contributed by atoms with E-state index in [0.717, 1.165) is 11.3 Å². The fraction of sp³-hybridized carbons (Fsp3) is 0.529. The maximum absolute atomic E-state index is 12.5. The lowest BCUT2D eigenvalue weighted by molar-refractivity contribution is -0.134. The van der Waals surface area contributed by atoms with Gasteiger partial charge in [0, 0.05) is 19.3 Å². The van der Waals surface area contributed by atoms with Crippen molar-refractivity contribution in [3.63, 3.8) is 0 Å². The second-order valence-corrected chi connectivity index (χ2v) is 6.03. The van der Waals surface area contributed by atoms with Crippen LogP contribution in [0.4, 0.5) is 5.69 Å². The Hall–Kier alpha value is -1.88. The minimum Gasteiger partial charge on any atom is -0.383 e. The number of carbonyl (C=O) groups excluding carboxylic acids is 2. The standard InChI is InChI=1S/C17H24N2O3/c1-12(2)13-6-4-5-7-14(13)19-16(21)17(8-9-17)15(20)18-10-11-22-3/h4-7,12H,8-11H2,1-3H3,(H,18,20)(H,19,21). The number of carbonyl (C=O) groups is 2. The van der Waals surface area contributed by atoms with Crippen LogP contribution in [0.3, 0.4) is 0 Å². The van der Waals surface area contributed by atoms with E-state index >= 15 is 0 Å². The van der Waals surface area contributed by atoms with E-state index in [1.807, 2.05) is 24.3 Å². The summed E-state index contributed by atoms with van der Waals surface area (Å²) in [4.78, 5) is 24.8. The first-order valence-electron chi connectivity index (χ1n) is 7.69. The smallest absolute Gasteiger partial charge is 0.240 e. The molecule has 2 rings (SSSR count). The maximum Gasteiger partial charge on any atom is 0.240 e. The lowest BCUT2D eigenvalue weighted by Gasteiger charge is -2.18. The Kier molecular flexibility index (Phi) is 5.19. The van der Waals surface area contributed by atoms with Crippen molar-refractivity contribution in [2.24, 2.45) is 5.41 Å². The van der Waals surface area contributed by atoms with Crippen LogP contribution in [0.15, 0.2) is 24.3 Å². The minimum absolute atomic E-state index is 0.205. The van der Waals surface area contributed by atoms with Crippen LogP contribution in [0.1, 0.15) is 38.2 Å². The molecule has 22 heavy (non-hydrogen) atoms. The highest BCUT2D eigenvalue weighted by Gasteiger charge is 2.56. The second-order valence-electron chi connectivity index (χ2n) is 6.03. The highest BCUT2D eigenvalue weighted by molar-refractivity contribution is 6.13. The predicted octanol–water partition coefficient (Wildman–Crippen LogP) is 2.29. The molecule has 5 heteroatoms. The average molecular weight is 304 g/mol. The lowest BCUT2D eigenvalue weighted by atomic mass is 9.99. The van der Waals surface area contributed by atoms with Gasteiger partial charge < -0.3 is 15.4 Å². The van der Waals surface area contributed by atoms with Crippen LogP contribution in [-0.4, -0.2) is 32.1 Å². The van der Waals surface area contributed by atoms with Crippen molar-refractivity contribution < 1.29 is 14.3 Å². The third kappa shape index (κ3) is 3.47. The zero-order valence-electron chi connectivity index (χ0n) is 13.4. The summed E-state index contributed by atoms with van der Waals surface area (Å²) in [6.45, 7) is 5.03. The van der Waals surface area contributed by atoms with E-state index in [-0.39, 0.29) is 11.8 Å². The van der Waals surface area contributed by atoms with Crippen LogP contribution in [0.2, 0.25) is 0 Å². The molecule has 1 fully saturated rings. The van der Waals surface area contributed by atoms with Crippen molar-refractivity contribution in [3.05, 3.63) is 29.8 Å². The molecule has 0 heterocycles. The number of benzene rings is 1. The molecule has 5 nitrogen and oxygen atoms in total. The molecule has 0 spiro atoms. The molecule has 0 aromatic heterocycles. The van der Waals surface area contributed by atoms with Crippen molar-refractivity contribution in [1.82, 2.24) is 5.32 Å². The number of para-hydroxylation sites is 1. The summed E-state index contributed by atoms with van der Waals surface area (Å²) < 4.78 is 4.91. The number of ether oxygens (including phenoxy) is 1. The fourth-order valence-electron chi connectivity index (χ4n) is 2.47. The fourth-order valence-corrected chi connectivity index (χ4v) is 2.47. The summed E-state index contributed by atoms with van der Waals surface area (Å²) in [5, 5.41) is 5.70. The molecule has 0 atom stereocenters.